The number of halogens is 1. The van der Waals surface area contributed by atoms with Crippen LogP contribution in [-0.4, -0.2) is 7.11 Å². The van der Waals surface area contributed by atoms with Gasteiger partial charge in [-0.05, 0) is 47.2 Å². The molecule has 0 atom stereocenters. The minimum atomic E-state index is 0.965. The fourth-order valence-corrected chi connectivity index (χ4v) is 1.72. The summed E-state index contributed by atoms with van der Waals surface area (Å²) >= 11 is 3.40. The molecule has 58 valence electrons. The lowest BCUT2D eigenvalue weighted by Crippen LogP contribution is -1.96. The molecule has 0 saturated heterocycles. The predicted octanol–water partition coefficient (Wildman–Crippen LogP) is 3.20. The molecule has 0 heterocycles. The summed E-state index contributed by atoms with van der Waals surface area (Å²) in [5, 5.41) is 0. The van der Waals surface area contributed by atoms with E-state index in [4.69, 9.17) is 4.74 Å². The lowest BCUT2D eigenvalue weighted by Gasteiger charge is -2.14. The van der Waals surface area contributed by atoms with E-state index in [1.807, 2.05) is 0 Å². The number of ether oxygens (including phenoxy) is 1. The molecule has 0 radical (unpaired) electrons. The van der Waals surface area contributed by atoms with Gasteiger partial charge in [0.25, 0.3) is 0 Å². The Balaban J connectivity index is 2.51. The summed E-state index contributed by atoms with van der Waals surface area (Å²) in [5.74, 6) is 0. The fourth-order valence-electron chi connectivity index (χ4n) is 1.32. The second-order valence-corrected chi connectivity index (χ2v) is 3.36. The van der Waals surface area contributed by atoms with Crippen LogP contribution in [0.25, 0.3) is 0 Å². The smallest absolute Gasteiger partial charge is 0.160 e. The van der Waals surface area contributed by atoms with E-state index in [0.717, 1.165) is 4.67 Å². The van der Waals surface area contributed by atoms with Crippen molar-refractivity contribution < 1.29 is 4.74 Å². The molecule has 2 heteroatoms. The number of rotatable bonds is 1. The Bertz CT molecular complexity index is 132. The Morgan fingerprint density at radius 2 is 1.90 bits per heavy atom. The molecule has 0 aromatic rings. The Morgan fingerprint density at radius 3 is 2.40 bits per heavy atom. The van der Waals surface area contributed by atoms with Gasteiger partial charge in [0.15, 0.2) is 4.67 Å². The monoisotopic (exact) mass is 204 g/mol. The molecule has 1 aliphatic rings. The maximum absolute atomic E-state index is 5.09. The molecule has 1 saturated carbocycles. The summed E-state index contributed by atoms with van der Waals surface area (Å²) < 4.78 is 6.05. The highest BCUT2D eigenvalue weighted by Gasteiger charge is 2.09. The first-order chi connectivity index (χ1) is 4.84. The van der Waals surface area contributed by atoms with E-state index in [1.165, 1.54) is 37.7 Å². The zero-order chi connectivity index (χ0) is 7.40. The van der Waals surface area contributed by atoms with Gasteiger partial charge in [-0.25, -0.2) is 0 Å². The highest BCUT2D eigenvalue weighted by atomic mass is 79.9. The van der Waals surface area contributed by atoms with Crippen molar-refractivity contribution in [1.82, 2.24) is 0 Å². The molecule has 1 fully saturated rings. The van der Waals surface area contributed by atoms with E-state index in [0.29, 0.717) is 0 Å². The van der Waals surface area contributed by atoms with Gasteiger partial charge in [0.2, 0.25) is 0 Å². The summed E-state index contributed by atoms with van der Waals surface area (Å²) in [7, 11) is 1.71. The van der Waals surface area contributed by atoms with Gasteiger partial charge < -0.3 is 4.74 Å². The van der Waals surface area contributed by atoms with Gasteiger partial charge in [-0.1, -0.05) is 6.42 Å². The molecule has 0 N–H and O–H groups in total. The minimum Gasteiger partial charge on any atom is -0.490 e. The van der Waals surface area contributed by atoms with Crippen molar-refractivity contribution in [3.63, 3.8) is 0 Å². The van der Waals surface area contributed by atoms with Crippen molar-refractivity contribution >= 4 is 15.9 Å². The third-order valence-corrected chi connectivity index (χ3v) is 2.80. The summed E-state index contributed by atoms with van der Waals surface area (Å²) in [4.78, 5) is 0. The molecular weight excluding hydrogens is 192 g/mol. The zero-order valence-electron chi connectivity index (χ0n) is 6.32. The average Bonchev–Trinajstić information content (AvgIpc) is 2.05. The highest BCUT2D eigenvalue weighted by Crippen LogP contribution is 2.28. The van der Waals surface area contributed by atoms with Gasteiger partial charge in [0, 0.05) is 0 Å². The molecule has 1 rings (SSSR count). The van der Waals surface area contributed by atoms with E-state index < -0.39 is 0 Å². The standard InChI is InChI=1S/C8H13BrO/c1-10-8(9)7-5-3-2-4-6-7/h2-6H2,1H3. The minimum absolute atomic E-state index is 0.965. The molecule has 1 aliphatic carbocycles. The van der Waals surface area contributed by atoms with Crippen molar-refractivity contribution in [2.45, 2.75) is 32.1 Å². The summed E-state index contributed by atoms with van der Waals surface area (Å²) in [6.45, 7) is 0. The molecule has 0 spiro atoms. The second-order valence-electron chi connectivity index (χ2n) is 2.64. The summed E-state index contributed by atoms with van der Waals surface area (Å²) in [5.41, 5.74) is 1.45. The van der Waals surface area contributed by atoms with E-state index >= 15 is 0 Å². The van der Waals surface area contributed by atoms with Crippen LogP contribution in [0.15, 0.2) is 10.2 Å². The van der Waals surface area contributed by atoms with E-state index in [1.54, 1.807) is 7.11 Å². The molecule has 0 aromatic carbocycles. The topological polar surface area (TPSA) is 9.23 Å². The summed E-state index contributed by atoms with van der Waals surface area (Å²) in [6.07, 6.45) is 6.47. The fraction of sp³-hybridized carbons (Fsp3) is 0.750. The van der Waals surface area contributed by atoms with Gasteiger partial charge in [-0.2, -0.15) is 0 Å². The number of allylic oxidation sites excluding steroid dienone is 1. The molecular formula is C8H13BrO. The molecule has 1 nitrogen and oxygen atoms in total. The van der Waals surface area contributed by atoms with Crippen LogP contribution in [0.2, 0.25) is 0 Å². The van der Waals surface area contributed by atoms with Crippen LogP contribution in [0.3, 0.4) is 0 Å². The largest absolute Gasteiger partial charge is 0.490 e. The molecule has 0 amide bonds. The van der Waals surface area contributed by atoms with E-state index in [9.17, 15) is 0 Å². The summed E-state index contributed by atoms with van der Waals surface area (Å²) in [6, 6.07) is 0. The van der Waals surface area contributed by atoms with E-state index in [-0.39, 0.29) is 0 Å². The van der Waals surface area contributed by atoms with Crippen LogP contribution >= 0.6 is 15.9 Å². The Labute approximate surface area is 70.6 Å². The van der Waals surface area contributed by atoms with Crippen LogP contribution in [0.4, 0.5) is 0 Å². The van der Waals surface area contributed by atoms with E-state index in [2.05, 4.69) is 15.9 Å². The quantitative estimate of drug-likeness (QED) is 0.597. The van der Waals surface area contributed by atoms with Gasteiger partial charge in [0.05, 0.1) is 7.11 Å². The second kappa shape index (κ2) is 4.02. The number of hydrogen-bond acceptors (Lipinski definition) is 1. The van der Waals surface area contributed by atoms with Crippen molar-refractivity contribution in [3.8, 4) is 0 Å². The van der Waals surface area contributed by atoms with Crippen molar-refractivity contribution in [1.29, 1.82) is 0 Å². The maximum atomic E-state index is 5.09. The first-order valence-corrected chi connectivity index (χ1v) is 4.55. The van der Waals surface area contributed by atoms with Gasteiger partial charge >= 0.3 is 0 Å². The van der Waals surface area contributed by atoms with Crippen LogP contribution in [-0.2, 0) is 4.74 Å². The Morgan fingerprint density at radius 1 is 1.30 bits per heavy atom. The van der Waals surface area contributed by atoms with Crippen LogP contribution in [0, 0.1) is 0 Å². The Hall–Kier alpha value is 0.0200. The third kappa shape index (κ3) is 2.01. The molecule has 0 unspecified atom stereocenters. The molecule has 0 bridgehead atoms. The van der Waals surface area contributed by atoms with Crippen molar-refractivity contribution in [2.24, 2.45) is 0 Å². The maximum Gasteiger partial charge on any atom is 0.160 e. The van der Waals surface area contributed by atoms with Gasteiger partial charge in [-0.15, -0.1) is 0 Å². The van der Waals surface area contributed by atoms with Crippen molar-refractivity contribution in [3.05, 3.63) is 10.2 Å². The SMILES string of the molecule is COC(Br)=C1CCCCC1. The third-order valence-electron chi connectivity index (χ3n) is 1.91. The zero-order valence-corrected chi connectivity index (χ0v) is 7.91. The van der Waals surface area contributed by atoms with Crippen LogP contribution in [0.5, 0.6) is 0 Å². The Kier molecular flexibility index (Phi) is 3.26. The van der Waals surface area contributed by atoms with Crippen LogP contribution < -0.4 is 0 Å². The molecule has 0 aliphatic heterocycles. The molecule has 10 heavy (non-hydrogen) atoms. The number of hydrogen-bond donors (Lipinski definition) is 0. The highest BCUT2D eigenvalue weighted by molar-refractivity contribution is 9.11. The first kappa shape index (κ1) is 8.12. The lowest BCUT2D eigenvalue weighted by molar-refractivity contribution is 0.317. The van der Waals surface area contributed by atoms with Crippen LogP contribution in [0.1, 0.15) is 32.1 Å². The average molecular weight is 205 g/mol. The number of methoxy groups -OCH3 is 1. The lowest BCUT2D eigenvalue weighted by atomic mass is 9.96. The predicted molar refractivity (Wildman–Crippen MR) is 46.0 cm³/mol. The first-order valence-electron chi connectivity index (χ1n) is 3.76. The van der Waals surface area contributed by atoms with Gasteiger partial charge in [0.1, 0.15) is 0 Å². The van der Waals surface area contributed by atoms with Gasteiger partial charge in [-0.3, -0.25) is 0 Å². The van der Waals surface area contributed by atoms with Crippen molar-refractivity contribution in [2.75, 3.05) is 7.11 Å². The molecule has 0 aromatic heterocycles. The normalized spacial score (nSPS) is 18.8.